The molecule has 1 aliphatic rings. The fourth-order valence-electron chi connectivity index (χ4n) is 3.14. The van der Waals surface area contributed by atoms with Gasteiger partial charge in [0.25, 0.3) is 0 Å². The first kappa shape index (κ1) is 20.2. The van der Waals surface area contributed by atoms with Gasteiger partial charge in [-0.25, -0.2) is 0 Å². The normalized spacial score (nSPS) is 12.6. The molecule has 0 aliphatic carbocycles. The lowest BCUT2D eigenvalue weighted by atomic mass is 10.1. The van der Waals surface area contributed by atoms with E-state index in [9.17, 15) is 4.79 Å². The van der Waals surface area contributed by atoms with Crippen LogP contribution in [-0.4, -0.2) is 35.9 Å². The molecule has 0 saturated carbocycles. The molecule has 2 aromatic carbocycles. The van der Waals surface area contributed by atoms with Crippen LogP contribution in [0.25, 0.3) is 11.5 Å². The van der Waals surface area contributed by atoms with Gasteiger partial charge in [-0.05, 0) is 54.8 Å². The van der Waals surface area contributed by atoms with Crippen molar-refractivity contribution >= 4 is 17.5 Å². The van der Waals surface area contributed by atoms with Crippen LogP contribution in [-0.2, 0) is 17.6 Å². The average molecular weight is 428 g/mol. The van der Waals surface area contributed by atoms with E-state index in [1.165, 1.54) is 0 Å². The second kappa shape index (κ2) is 9.63. The maximum absolute atomic E-state index is 12.1. The number of amides is 1. The zero-order valence-electron chi connectivity index (χ0n) is 16.4. The molecule has 0 bridgehead atoms. The zero-order valence-corrected chi connectivity index (χ0v) is 17.2. The number of carbonyl (C=O) groups excluding carboxylic acids is 1. The number of hydrogen-bond donors (Lipinski definition) is 1. The predicted molar refractivity (Wildman–Crippen MR) is 112 cm³/mol. The molecule has 8 heteroatoms. The minimum atomic E-state index is -0.0385. The molecule has 0 unspecified atom stereocenters. The Balaban J connectivity index is 1.17. The molecule has 1 amide bonds. The van der Waals surface area contributed by atoms with Crippen molar-refractivity contribution in [1.82, 2.24) is 15.5 Å². The molecule has 2 heterocycles. The fourth-order valence-corrected chi connectivity index (χ4v) is 3.26. The Morgan fingerprint density at radius 1 is 1.00 bits per heavy atom. The van der Waals surface area contributed by atoms with Crippen LogP contribution in [0.2, 0.25) is 5.02 Å². The first-order valence-corrected chi connectivity index (χ1v) is 10.3. The van der Waals surface area contributed by atoms with Gasteiger partial charge in [0.05, 0.1) is 0 Å². The number of nitrogens with one attached hydrogen (secondary N) is 1. The highest BCUT2D eigenvalue weighted by molar-refractivity contribution is 6.30. The van der Waals surface area contributed by atoms with Crippen LogP contribution < -0.4 is 14.8 Å². The summed E-state index contributed by atoms with van der Waals surface area (Å²) in [4.78, 5) is 12.1. The van der Waals surface area contributed by atoms with E-state index in [4.69, 9.17) is 25.5 Å². The van der Waals surface area contributed by atoms with E-state index in [1.54, 1.807) is 12.1 Å². The van der Waals surface area contributed by atoms with Crippen LogP contribution in [0, 0.1) is 0 Å². The number of aromatic nitrogens is 2. The topological polar surface area (TPSA) is 86.5 Å². The maximum Gasteiger partial charge on any atom is 0.247 e. The Morgan fingerprint density at radius 2 is 1.80 bits per heavy atom. The molecular weight excluding hydrogens is 406 g/mol. The van der Waals surface area contributed by atoms with E-state index in [-0.39, 0.29) is 5.91 Å². The standard InChI is InChI=1S/C22H22ClN3O4/c23-17-6-4-16(5-7-17)22-26-25-21(30-22)10-9-20(27)24-11-1-2-15-3-8-18-19(14-15)29-13-12-28-18/h3-8,14H,1-2,9-13H2,(H,24,27). The Kier molecular flexibility index (Phi) is 6.49. The van der Waals surface area contributed by atoms with Gasteiger partial charge >= 0.3 is 0 Å². The number of rotatable bonds is 8. The first-order chi connectivity index (χ1) is 14.7. The van der Waals surface area contributed by atoms with Crippen molar-refractivity contribution in [1.29, 1.82) is 0 Å². The molecule has 0 spiro atoms. The van der Waals surface area contributed by atoms with Gasteiger partial charge in [0, 0.05) is 30.0 Å². The van der Waals surface area contributed by atoms with Gasteiger partial charge in [0.2, 0.25) is 17.7 Å². The molecule has 0 radical (unpaired) electrons. The lowest BCUT2D eigenvalue weighted by Crippen LogP contribution is -2.25. The largest absolute Gasteiger partial charge is 0.486 e. The van der Waals surface area contributed by atoms with Gasteiger partial charge in [-0.1, -0.05) is 17.7 Å². The summed E-state index contributed by atoms with van der Waals surface area (Å²) in [6, 6.07) is 13.1. The van der Waals surface area contributed by atoms with E-state index in [0.29, 0.717) is 49.4 Å². The molecule has 1 aromatic heterocycles. The quantitative estimate of drug-likeness (QED) is 0.549. The molecule has 0 saturated heterocycles. The molecule has 0 fully saturated rings. The monoisotopic (exact) mass is 427 g/mol. The lowest BCUT2D eigenvalue weighted by molar-refractivity contribution is -0.121. The highest BCUT2D eigenvalue weighted by Crippen LogP contribution is 2.31. The van der Waals surface area contributed by atoms with Crippen LogP contribution in [0.15, 0.2) is 46.9 Å². The number of ether oxygens (including phenoxy) is 2. The second-order valence-corrected chi connectivity index (χ2v) is 7.38. The van der Waals surface area contributed by atoms with Gasteiger partial charge < -0.3 is 19.2 Å². The van der Waals surface area contributed by atoms with Crippen molar-refractivity contribution in [3.8, 4) is 23.0 Å². The molecule has 156 valence electrons. The van der Waals surface area contributed by atoms with Gasteiger partial charge in [0.1, 0.15) is 13.2 Å². The molecular formula is C22H22ClN3O4. The van der Waals surface area contributed by atoms with Crippen molar-refractivity contribution in [2.75, 3.05) is 19.8 Å². The Labute approximate surface area is 179 Å². The molecule has 4 rings (SSSR count). The van der Waals surface area contributed by atoms with Crippen molar-refractivity contribution in [2.45, 2.75) is 25.7 Å². The van der Waals surface area contributed by atoms with E-state index in [0.717, 1.165) is 35.5 Å². The van der Waals surface area contributed by atoms with Crippen molar-refractivity contribution in [2.24, 2.45) is 0 Å². The van der Waals surface area contributed by atoms with Crippen LogP contribution in [0.3, 0.4) is 0 Å². The smallest absolute Gasteiger partial charge is 0.247 e. The predicted octanol–water partition coefficient (Wildman–Crippen LogP) is 3.84. The summed E-state index contributed by atoms with van der Waals surface area (Å²) in [6.07, 6.45) is 2.39. The Bertz CT molecular complexity index is 1000. The summed E-state index contributed by atoms with van der Waals surface area (Å²) < 4.78 is 16.7. The summed E-state index contributed by atoms with van der Waals surface area (Å²) >= 11 is 5.88. The molecule has 0 atom stereocenters. The Morgan fingerprint density at radius 3 is 2.63 bits per heavy atom. The van der Waals surface area contributed by atoms with Crippen LogP contribution in [0.5, 0.6) is 11.5 Å². The summed E-state index contributed by atoms with van der Waals surface area (Å²) in [7, 11) is 0. The SMILES string of the molecule is O=C(CCc1nnc(-c2ccc(Cl)cc2)o1)NCCCc1ccc2c(c1)OCCO2. The van der Waals surface area contributed by atoms with Crippen molar-refractivity contribution in [3.63, 3.8) is 0 Å². The van der Waals surface area contributed by atoms with E-state index < -0.39 is 0 Å². The number of carbonyl (C=O) groups is 1. The number of fused-ring (bicyclic) bond motifs is 1. The highest BCUT2D eigenvalue weighted by atomic mass is 35.5. The van der Waals surface area contributed by atoms with Gasteiger partial charge in [0.15, 0.2) is 11.5 Å². The molecule has 7 nitrogen and oxygen atoms in total. The highest BCUT2D eigenvalue weighted by Gasteiger charge is 2.12. The third kappa shape index (κ3) is 5.30. The number of halogens is 1. The van der Waals surface area contributed by atoms with Crippen LogP contribution >= 0.6 is 11.6 Å². The second-order valence-electron chi connectivity index (χ2n) is 6.94. The lowest BCUT2D eigenvalue weighted by Gasteiger charge is -2.18. The number of nitrogens with zero attached hydrogens (tertiary/aromatic N) is 2. The maximum atomic E-state index is 12.1. The number of aryl methyl sites for hydroxylation is 2. The summed E-state index contributed by atoms with van der Waals surface area (Å²) in [5.74, 6) is 2.40. The molecule has 30 heavy (non-hydrogen) atoms. The van der Waals surface area contributed by atoms with E-state index in [2.05, 4.69) is 15.5 Å². The summed E-state index contributed by atoms with van der Waals surface area (Å²) in [6.45, 7) is 1.77. The average Bonchev–Trinajstić information content (AvgIpc) is 3.25. The van der Waals surface area contributed by atoms with Gasteiger partial charge in [-0.3, -0.25) is 4.79 Å². The Hall–Kier alpha value is -3.06. The molecule has 3 aromatic rings. The first-order valence-electron chi connectivity index (χ1n) is 9.91. The van der Waals surface area contributed by atoms with Gasteiger partial charge in [-0.2, -0.15) is 0 Å². The summed E-state index contributed by atoms with van der Waals surface area (Å²) in [5, 5.41) is 11.6. The number of benzene rings is 2. The summed E-state index contributed by atoms with van der Waals surface area (Å²) in [5.41, 5.74) is 1.95. The number of hydrogen-bond acceptors (Lipinski definition) is 6. The van der Waals surface area contributed by atoms with Crippen LogP contribution in [0.4, 0.5) is 0 Å². The van der Waals surface area contributed by atoms with Gasteiger partial charge in [-0.15, -0.1) is 10.2 Å². The van der Waals surface area contributed by atoms with E-state index >= 15 is 0 Å². The van der Waals surface area contributed by atoms with Crippen LogP contribution in [0.1, 0.15) is 24.3 Å². The van der Waals surface area contributed by atoms with Crippen molar-refractivity contribution < 1.29 is 18.7 Å². The zero-order chi connectivity index (χ0) is 20.8. The molecule has 1 aliphatic heterocycles. The third-order valence-electron chi connectivity index (χ3n) is 4.69. The molecule has 1 N–H and O–H groups in total. The van der Waals surface area contributed by atoms with E-state index in [1.807, 2.05) is 30.3 Å². The minimum absolute atomic E-state index is 0.0385. The van der Waals surface area contributed by atoms with Crippen molar-refractivity contribution in [3.05, 3.63) is 58.9 Å². The third-order valence-corrected chi connectivity index (χ3v) is 4.95. The minimum Gasteiger partial charge on any atom is -0.486 e. The fraction of sp³-hybridized carbons (Fsp3) is 0.318.